The van der Waals surface area contributed by atoms with Crippen molar-refractivity contribution in [1.82, 2.24) is 10.1 Å². The van der Waals surface area contributed by atoms with Gasteiger partial charge in [-0.2, -0.15) is 0 Å². The van der Waals surface area contributed by atoms with Crippen molar-refractivity contribution in [3.63, 3.8) is 0 Å². The minimum Gasteiger partial charge on any atom is -0.480 e. The molecule has 2 N–H and O–H groups in total. The fourth-order valence-corrected chi connectivity index (χ4v) is 1.43. The predicted molar refractivity (Wildman–Crippen MR) is 64.2 cm³/mol. The molecule has 0 unspecified atom stereocenters. The van der Waals surface area contributed by atoms with Crippen molar-refractivity contribution in [3.05, 3.63) is 11.8 Å². The predicted octanol–water partition coefficient (Wildman–Crippen LogP) is 0.718. The maximum absolute atomic E-state index is 11.6. The topological polar surface area (TPSA) is 95.7 Å². The molecule has 0 aliphatic heterocycles. The summed E-state index contributed by atoms with van der Waals surface area (Å²) >= 11 is 0. The van der Waals surface area contributed by atoms with Gasteiger partial charge < -0.3 is 14.9 Å². The first-order valence-corrected chi connectivity index (χ1v) is 5.68. The molecule has 7 heteroatoms. The van der Waals surface area contributed by atoms with Gasteiger partial charge in [0.05, 0.1) is 6.54 Å². The number of hydrogen-bond donors (Lipinski definition) is 2. The molecule has 1 rings (SSSR count). The summed E-state index contributed by atoms with van der Waals surface area (Å²) in [4.78, 5) is 23.8. The molecule has 0 aromatic carbocycles. The van der Waals surface area contributed by atoms with Crippen LogP contribution in [0.5, 0.6) is 0 Å². The van der Waals surface area contributed by atoms with E-state index in [1.165, 1.54) is 0 Å². The van der Waals surface area contributed by atoms with E-state index in [1.54, 1.807) is 17.9 Å². The SMILES string of the molecule is CCN(CCC(=O)Nc1cc(C)on1)CC(=O)O. The molecule has 0 aliphatic rings. The van der Waals surface area contributed by atoms with Crippen molar-refractivity contribution >= 4 is 17.7 Å². The second-order valence-electron chi connectivity index (χ2n) is 3.88. The number of rotatable bonds is 7. The highest BCUT2D eigenvalue weighted by Crippen LogP contribution is 2.07. The Morgan fingerprint density at radius 1 is 1.56 bits per heavy atom. The quantitative estimate of drug-likeness (QED) is 0.745. The summed E-state index contributed by atoms with van der Waals surface area (Å²) < 4.78 is 4.81. The standard InChI is InChI=1S/C11H17N3O4/c1-3-14(7-11(16)17)5-4-10(15)12-9-6-8(2)18-13-9/h6H,3-5,7H2,1-2H3,(H,16,17)(H,12,13,15). The van der Waals surface area contributed by atoms with Gasteiger partial charge in [0.25, 0.3) is 0 Å². The van der Waals surface area contributed by atoms with E-state index in [9.17, 15) is 9.59 Å². The van der Waals surface area contributed by atoms with Gasteiger partial charge in [0.15, 0.2) is 5.82 Å². The highest BCUT2D eigenvalue weighted by Gasteiger charge is 2.11. The van der Waals surface area contributed by atoms with Crippen molar-refractivity contribution in [2.45, 2.75) is 20.3 Å². The van der Waals surface area contributed by atoms with Crippen LogP contribution in [0, 0.1) is 6.92 Å². The lowest BCUT2D eigenvalue weighted by Crippen LogP contribution is -2.32. The number of amides is 1. The number of aromatic nitrogens is 1. The minimum atomic E-state index is -0.899. The third kappa shape index (κ3) is 4.96. The number of likely N-dealkylation sites (N-methyl/N-ethyl adjacent to an activating group) is 1. The third-order valence-electron chi connectivity index (χ3n) is 2.36. The zero-order chi connectivity index (χ0) is 13.5. The molecule has 0 bridgehead atoms. The first-order valence-electron chi connectivity index (χ1n) is 5.68. The Balaban J connectivity index is 2.33. The molecule has 0 saturated heterocycles. The van der Waals surface area contributed by atoms with Gasteiger partial charge in [-0.1, -0.05) is 12.1 Å². The van der Waals surface area contributed by atoms with Crippen LogP contribution in [-0.4, -0.2) is 46.7 Å². The molecule has 0 aliphatic carbocycles. The zero-order valence-electron chi connectivity index (χ0n) is 10.5. The van der Waals surface area contributed by atoms with E-state index in [0.29, 0.717) is 24.7 Å². The van der Waals surface area contributed by atoms with Gasteiger partial charge in [-0.05, 0) is 13.5 Å². The lowest BCUT2D eigenvalue weighted by atomic mass is 10.3. The lowest BCUT2D eigenvalue weighted by Gasteiger charge is -2.16. The van der Waals surface area contributed by atoms with Crippen molar-refractivity contribution in [2.24, 2.45) is 0 Å². The van der Waals surface area contributed by atoms with Gasteiger partial charge in [-0.15, -0.1) is 0 Å². The van der Waals surface area contributed by atoms with Crippen LogP contribution in [-0.2, 0) is 9.59 Å². The Bertz CT molecular complexity index is 416. The Hall–Kier alpha value is -1.89. The number of nitrogens with one attached hydrogen (secondary N) is 1. The molecule has 1 amide bonds. The van der Waals surface area contributed by atoms with Gasteiger partial charge in [0.2, 0.25) is 5.91 Å². The van der Waals surface area contributed by atoms with E-state index < -0.39 is 5.97 Å². The van der Waals surface area contributed by atoms with Crippen molar-refractivity contribution in [1.29, 1.82) is 0 Å². The number of carboxylic acid groups (broad SMARTS) is 1. The van der Waals surface area contributed by atoms with E-state index in [0.717, 1.165) is 0 Å². The number of carbonyl (C=O) groups is 2. The van der Waals surface area contributed by atoms with E-state index in [-0.39, 0.29) is 18.9 Å². The summed E-state index contributed by atoms with van der Waals surface area (Å²) in [5.41, 5.74) is 0. The summed E-state index contributed by atoms with van der Waals surface area (Å²) in [6.45, 7) is 4.50. The Labute approximate surface area is 105 Å². The van der Waals surface area contributed by atoms with Gasteiger partial charge in [0.1, 0.15) is 5.76 Å². The fourth-order valence-electron chi connectivity index (χ4n) is 1.43. The lowest BCUT2D eigenvalue weighted by molar-refractivity contribution is -0.138. The molecule has 18 heavy (non-hydrogen) atoms. The highest BCUT2D eigenvalue weighted by molar-refractivity contribution is 5.89. The summed E-state index contributed by atoms with van der Waals surface area (Å²) in [6, 6.07) is 1.62. The summed E-state index contributed by atoms with van der Waals surface area (Å²) in [5.74, 6) is -0.123. The molecular weight excluding hydrogens is 238 g/mol. The van der Waals surface area contributed by atoms with E-state index in [1.807, 2.05) is 6.92 Å². The van der Waals surface area contributed by atoms with Crippen LogP contribution in [0.25, 0.3) is 0 Å². The molecule has 1 aromatic heterocycles. The average Bonchev–Trinajstić information content (AvgIpc) is 2.69. The van der Waals surface area contributed by atoms with Crippen molar-refractivity contribution < 1.29 is 19.2 Å². The monoisotopic (exact) mass is 255 g/mol. The molecule has 0 fully saturated rings. The molecule has 7 nitrogen and oxygen atoms in total. The second kappa shape index (κ2) is 6.75. The third-order valence-corrected chi connectivity index (χ3v) is 2.36. The maximum atomic E-state index is 11.6. The molecule has 1 aromatic rings. The molecular formula is C11H17N3O4. The van der Waals surface area contributed by atoms with Gasteiger partial charge >= 0.3 is 5.97 Å². The number of nitrogens with zero attached hydrogens (tertiary/aromatic N) is 2. The van der Waals surface area contributed by atoms with E-state index in [4.69, 9.17) is 9.63 Å². The molecule has 0 atom stereocenters. The largest absolute Gasteiger partial charge is 0.480 e. The van der Waals surface area contributed by atoms with Crippen LogP contribution in [0.15, 0.2) is 10.6 Å². The second-order valence-corrected chi connectivity index (χ2v) is 3.88. The van der Waals surface area contributed by atoms with E-state index in [2.05, 4.69) is 10.5 Å². The molecule has 0 spiro atoms. The smallest absolute Gasteiger partial charge is 0.317 e. The minimum absolute atomic E-state index is 0.0627. The van der Waals surface area contributed by atoms with Crippen LogP contribution < -0.4 is 5.32 Å². The van der Waals surface area contributed by atoms with Crippen molar-refractivity contribution in [2.75, 3.05) is 25.0 Å². The first-order chi connectivity index (χ1) is 8.51. The number of aliphatic carboxylic acids is 1. The van der Waals surface area contributed by atoms with Crippen LogP contribution in [0.4, 0.5) is 5.82 Å². The van der Waals surface area contributed by atoms with Crippen LogP contribution >= 0.6 is 0 Å². The number of carbonyl (C=O) groups excluding carboxylic acids is 1. The average molecular weight is 255 g/mol. The zero-order valence-corrected chi connectivity index (χ0v) is 10.5. The number of aryl methyl sites for hydroxylation is 1. The summed E-state index contributed by atoms with van der Waals surface area (Å²) in [5, 5.41) is 14.9. The summed E-state index contributed by atoms with van der Waals surface area (Å²) in [6.07, 6.45) is 0.215. The molecule has 0 radical (unpaired) electrons. The first kappa shape index (κ1) is 14.2. The molecule has 0 saturated carbocycles. The maximum Gasteiger partial charge on any atom is 0.317 e. The highest BCUT2D eigenvalue weighted by atomic mass is 16.5. The number of anilines is 1. The van der Waals surface area contributed by atoms with Crippen LogP contribution in [0.2, 0.25) is 0 Å². The van der Waals surface area contributed by atoms with Crippen LogP contribution in [0.3, 0.4) is 0 Å². The Morgan fingerprint density at radius 2 is 2.28 bits per heavy atom. The van der Waals surface area contributed by atoms with Gasteiger partial charge in [0, 0.05) is 19.0 Å². The van der Waals surface area contributed by atoms with Gasteiger partial charge in [-0.3, -0.25) is 14.5 Å². The molecule has 1 heterocycles. The van der Waals surface area contributed by atoms with E-state index >= 15 is 0 Å². The Kier molecular flexibility index (Phi) is 5.31. The van der Waals surface area contributed by atoms with Gasteiger partial charge in [-0.25, -0.2) is 0 Å². The normalized spacial score (nSPS) is 10.6. The van der Waals surface area contributed by atoms with Crippen molar-refractivity contribution in [3.8, 4) is 0 Å². The Morgan fingerprint density at radius 3 is 2.78 bits per heavy atom. The molecule has 100 valence electrons. The number of carboxylic acids is 1. The van der Waals surface area contributed by atoms with Crippen LogP contribution in [0.1, 0.15) is 19.1 Å². The number of hydrogen-bond acceptors (Lipinski definition) is 5. The fraction of sp³-hybridized carbons (Fsp3) is 0.545. The summed E-state index contributed by atoms with van der Waals surface area (Å²) in [7, 11) is 0.